The Bertz CT molecular complexity index is 740. The van der Waals surface area contributed by atoms with E-state index >= 15 is 0 Å². The molecule has 3 aromatic rings. The molecule has 0 saturated carbocycles. The molecular weight excluding hydrogens is 326 g/mol. The van der Waals surface area contributed by atoms with Gasteiger partial charge in [0.15, 0.2) is 0 Å². The van der Waals surface area contributed by atoms with Crippen molar-refractivity contribution in [2.45, 2.75) is 29.5 Å². The molecule has 1 aromatic heterocycles. The van der Waals surface area contributed by atoms with Crippen LogP contribution >= 0.6 is 23.4 Å². The predicted octanol–water partition coefficient (Wildman–Crippen LogP) is 5.20. The predicted molar refractivity (Wildman–Crippen MR) is 95.8 cm³/mol. The van der Waals surface area contributed by atoms with E-state index in [9.17, 15) is 0 Å². The molecule has 3 rings (SSSR count). The van der Waals surface area contributed by atoms with E-state index in [1.165, 1.54) is 5.56 Å². The molecule has 0 bridgehead atoms. The van der Waals surface area contributed by atoms with Gasteiger partial charge in [-0.2, -0.15) is 5.10 Å². The fourth-order valence-electron chi connectivity index (χ4n) is 2.52. The number of hydrogen-bond donors (Lipinski definition) is 0. The van der Waals surface area contributed by atoms with Gasteiger partial charge in [-0.1, -0.05) is 67.5 Å². The molecule has 0 aliphatic rings. The molecule has 0 N–H and O–H groups in total. The van der Waals surface area contributed by atoms with Crippen LogP contribution in [0.4, 0.5) is 0 Å². The van der Waals surface area contributed by atoms with Gasteiger partial charge in [-0.3, -0.25) is 0 Å². The molecule has 1 heterocycles. The van der Waals surface area contributed by atoms with E-state index in [0.717, 1.165) is 9.92 Å². The van der Waals surface area contributed by atoms with Crippen LogP contribution < -0.4 is 0 Å². The maximum atomic E-state index is 6.00. The quantitative estimate of drug-likeness (QED) is 0.596. The van der Waals surface area contributed by atoms with Crippen molar-refractivity contribution in [3.63, 3.8) is 0 Å². The summed E-state index contributed by atoms with van der Waals surface area (Å²) in [5.74, 6) is 0. The molecule has 0 saturated heterocycles. The maximum Gasteiger partial charge on any atom is 0.137 e. The minimum absolute atomic E-state index is 0.0774. The summed E-state index contributed by atoms with van der Waals surface area (Å²) in [5.41, 5.74) is 1.14. The van der Waals surface area contributed by atoms with E-state index in [0.29, 0.717) is 0 Å². The van der Waals surface area contributed by atoms with Crippen LogP contribution in [0.5, 0.6) is 0 Å². The highest BCUT2D eigenvalue weighted by atomic mass is 35.5. The summed E-state index contributed by atoms with van der Waals surface area (Å²) in [6, 6.07) is 18.4. The third kappa shape index (κ3) is 3.59. The molecule has 1 unspecified atom stereocenters. The van der Waals surface area contributed by atoms with Gasteiger partial charge in [-0.25, -0.2) is 9.67 Å². The first-order valence-electron chi connectivity index (χ1n) is 7.39. The number of hydrogen-bond acceptors (Lipinski definition) is 3. The van der Waals surface area contributed by atoms with Crippen LogP contribution in [0.15, 0.2) is 72.1 Å². The van der Waals surface area contributed by atoms with E-state index in [1.807, 2.05) is 35.0 Å². The normalized spacial score (nSPS) is 13.0. The van der Waals surface area contributed by atoms with Gasteiger partial charge >= 0.3 is 0 Å². The standard InChI is InChI=1S/C18H18ClN3S/c1-18(2,14-6-4-3-5-7-14)17(22-13-20-12-21-22)23-16-10-8-15(19)9-11-16/h3-13,17H,1-2H3. The molecule has 0 amide bonds. The highest BCUT2D eigenvalue weighted by Gasteiger charge is 2.34. The average molecular weight is 344 g/mol. The monoisotopic (exact) mass is 343 g/mol. The zero-order valence-corrected chi connectivity index (χ0v) is 14.6. The van der Waals surface area contributed by atoms with Crippen molar-refractivity contribution in [1.82, 2.24) is 14.8 Å². The van der Waals surface area contributed by atoms with Gasteiger partial charge < -0.3 is 0 Å². The topological polar surface area (TPSA) is 30.7 Å². The molecule has 0 spiro atoms. The van der Waals surface area contributed by atoms with Crippen molar-refractivity contribution in [1.29, 1.82) is 0 Å². The molecule has 1 atom stereocenters. The summed E-state index contributed by atoms with van der Waals surface area (Å²) in [6.07, 6.45) is 3.36. The number of nitrogens with zero attached hydrogens (tertiary/aromatic N) is 3. The highest BCUT2D eigenvalue weighted by Crippen LogP contribution is 2.45. The number of aromatic nitrogens is 3. The lowest BCUT2D eigenvalue weighted by molar-refractivity contribution is 0.394. The Hall–Kier alpha value is -1.78. The Morgan fingerprint density at radius 2 is 1.74 bits per heavy atom. The first-order valence-corrected chi connectivity index (χ1v) is 8.65. The van der Waals surface area contributed by atoms with Gasteiger partial charge in [0, 0.05) is 15.3 Å². The van der Waals surface area contributed by atoms with Crippen LogP contribution in [-0.4, -0.2) is 14.8 Å². The second kappa shape index (κ2) is 6.77. The smallest absolute Gasteiger partial charge is 0.137 e. The van der Waals surface area contributed by atoms with Crippen LogP contribution in [0, 0.1) is 0 Å². The summed E-state index contributed by atoms with van der Waals surface area (Å²) in [6.45, 7) is 4.47. The van der Waals surface area contributed by atoms with E-state index in [-0.39, 0.29) is 10.8 Å². The summed E-state index contributed by atoms with van der Waals surface area (Å²) < 4.78 is 1.92. The molecule has 5 heteroatoms. The third-order valence-electron chi connectivity index (χ3n) is 3.87. The van der Waals surface area contributed by atoms with Crippen molar-refractivity contribution in [2.24, 2.45) is 0 Å². The van der Waals surface area contributed by atoms with E-state index < -0.39 is 0 Å². The largest absolute Gasteiger partial charge is 0.239 e. The maximum absolute atomic E-state index is 6.00. The molecule has 23 heavy (non-hydrogen) atoms. The van der Waals surface area contributed by atoms with E-state index in [2.05, 4.69) is 48.2 Å². The average Bonchev–Trinajstić information content (AvgIpc) is 3.09. The zero-order chi connectivity index (χ0) is 16.3. The molecule has 118 valence electrons. The minimum atomic E-state index is -0.126. The first-order chi connectivity index (χ1) is 11.1. The van der Waals surface area contributed by atoms with Gasteiger partial charge in [0.25, 0.3) is 0 Å². The lowest BCUT2D eigenvalue weighted by Crippen LogP contribution is -2.29. The minimum Gasteiger partial charge on any atom is -0.239 e. The summed E-state index contributed by atoms with van der Waals surface area (Å²) in [5, 5.41) is 5.20. The van der Waals surface area contributed by atoms with Gasteiger partial charge in [0.05, 0.1) is 0 Å². The van der Waals surface area contributed by atoms with Gasteiger partial charge in [0.1, 0.15) is 18.0 Å². The Kier molecular flexibility index (Phi) is 4.74. The number of rotatable bonds is 5. The summed E-state index contributed by atoms with van der Waals surface area (Å²) in [4.78, 5) is 5.28. The Morgan fingerprint density at radius 3 is 2.35 bits per heavy atom. The third-order valence-corrected chi connectivity index (χ3v) is 5.70. The van der Waals surface area contributed by atoms with Gasteiger partial charge in [0.2, 0.25) is 0 Å². The Morgan fingerprint density at radius 1 is 1.04 bits per heavy atom. The second-order valence-electron chi connectivity index (χ2n) is 5.89. The number of halogens is 1. The van der Waals surface area contributed by atoms with E-state index in [4.69, 9.17) is 11.6 Å². The number of benzene rings is 2. The molecule has 3 nitrogen and oxygen atoms in total. The fourth-order valence-corrected chi connectivity index (χ4v) is 3.85. The summed E-state index contributed by atoms with van der Waals surface area (Å²) >= 11 is 7.76. The second-order valence-corrected chi connectivity index (χ2v) is 7.48. The summed E-state index contributed by atoms with van der Waals surface area (Å²) in [7, 11) is 0. The van der Waals surface area contributed by atoms with Gasteiger partial charge in [-0.15, -0.1) is 0 Å². The Labute approximate surface area is 145 Å². The molecule has 0 fully saturated rings. The fraction of sp³-hybridized carbons (Fsp3) is 0.222. The van der Waals surface area contributed by atoms with Crippen molar-refractivity contribution >= 4 is 23.4 Å². The molecule has 0 aliphatic carbocycles. The van der Waals surface area contributed by atoms with Crippen molar-refractivity contribution in [2.75, 3.05) is 0 Å². The van der Waals surface area contributed by atoms with Crippen LogP contribution in [-0.2, 0) is 5.41 Å². The van der Waals surface area contributed by atoms with Crippen molar-refractivity contribution in [3.05, 3.63) is 77.8 Å². The van der Waals surface area contributed by atoms with Crippen molar-refractivity contribution < 1.29 is 0 Å². The molecule has 0 aliphatic heterocycles. The molecule has 0 radical (unpaired) electrons. The van der Waals surface area contributed by atoms with Crippen LogP contribution in [0.2, 0.25) is 5.02 Å². The first kappa shape index (κ1) is 16.1. The van der Waals surface area contributed by atoms with Crippen LogP contribution in [0.3, 0.4) is 0 Å². The van der Waals surface area contributed by atoms with E-state index in [1.54, 1.807) is 24.4 Å². The van der Waals surface area contributed by atoms with Crippen LogP contribution in [0.25, 0.3) is 0 Å². The SMILES string of the molecule is CC(C)(c1ccccc1)C(Sc1ccc(Cl)cc1)n1cncn1. The molecular formula is C18H18ClN3S. The Balaban J connectivity index is 1.97. The van der Waals surface area contributed by atoms with Crippen molar-refractivity contribution in [3.8, 4) is 0 Å². The lowest BCUT2D eigenvalue weighted by atomic mass is 9.84. The lowest BCUT2D eigenvalue weighted by Gasteiger charge is -2.34. The highest BCUT2D eigenvalue weighted by molar-refractivity contribution is 7.99. The zero-order valence-electron chi connectivity index (χ0n) is 13.1. The number of thioether (sulfide) groups is 1. The van der Waals surface area contributed by atoms with Gasteiger partial charge in [-0.05, 0) is 29.8 Å². The van der Waals surface area contributed by atoms with Crippen LogP contribution in [0.1, 0.15) is 24.8 Å². The molecule has 2 aromatic carbocycles.